The van der Waals surface area contributed by atoms with E-state index < -0.39 is 0 Å². The van der Waals surface area contributed by atoms with Crippen LogP contribution >= 0.6 is 0 Å². The van der Waals surface area contributed by atoms with E-state index in [0.717, 1.165) is 24.0 Å². The molecule has 1 amide bonds. The van der Waals surface area contributed by atoms with E-state index >= 15 is 0 Å². The minimum atomic E-state index is 0.0198. The number of carbonyl (C=O) groups excluding carboxylic acids is 1. The first-order valence-electron chi connectivity index (χ1n) is 7.63. The molecule has 0 N–H and O–H groups in total. The Kier molecular flexibility index (Phi) is 4.05. The van der Waals surface area contributed by atoms with Crippen molar-refractivity contribution in [3.05, 3.63) is 71.1 Å². The number of fused-ring (bicyclic) bond motifs is 1. The van der Waals surface area contributed by atoms with Crippen LogP contribution in [0.1, 0.15) is 46.4 Å². The van der Waals surface area contributed by atoms with Crippen molar-refractivity contribution in [2.45, 2.75) is 25.8 Å². The standard InChI is InChI=1S/C19H20N2O/c1-14(15-9-11-20-12-10-15)21(2)19(22)18-8-7-16-5-3-4-6-17(16)13-18/h3,5,7-14H,4,6H2,1-2H3/t14-/m1/s1. The second kappa shape index (κ2) is 6.14. The highest BCUT2D eigenvalue weighted by atomic mass is 16.2. The summed E-state index contributed by atoms with van der Waals surface area (Å²) < 4.78 is 0. The third-order valence-electron chi connectivity index (χ3n) is 4.36. The van der Waals surface area contributed by atoms with Crippen LogP contribution in [0.3, 0.4) is 0 Å². The third kappa shape index (κ3) is 2.80. The van der Waals surface area contributed by atoms with Gasteiger partial charge in [-0.2, -0.15) is 0 Å². The Hall–Kier alpha value is -2.42. The van der Waals surface area contributed by atoms with Gasteiger partial charge < -0.3 is 4.90 Å². The lowest BCUT2D eigenvalue weighted by atomic mass is 9.95. The highest BCUT2D eigenvalue weighted by molar-refractivity contribution is 5.95. The van der Waals surface area contributed by atoms with Crippen LogP contribution < -0.4 is 0 Å². The van der Waals surface area contributed by atoms with Crippen molar-refractivity contribution in [1.82, 2.24) is 9.88 Å². The van der Waals surface area contributed by atoms with E-state index in [0.29, 0.717) is 0 Å². The van der Waals surface area contributed by atoms with Crippen molar-refractivity contribution in [1.29, 1.82) is 0 Å². The summed E-state index contributed by atoms with van der Waals surface area (Å²) in [6.07, 6.45) is 9.90. The van der Waals surface area contributed by atoms with Crippen molar-refractivity contribution < 1.29 is 4.79 Å². The van der Waals surface area contributed by atoms with Crippen molar-refractivity contribution in [2.24, 2.45) is 0 Å². The van der Waals surface area contributed by atoms with Crippen molar-refractivity contribution >= 4 is 12.0 Å². The van der Waals surface area contributed by atoms with Gasteiger partial charge in [-0.25, -0.2) is 0 Å². The van der Waals surface area contributed by atoms with Gasteiger partial charge in [0.1, 0.15) is 0 Å². The molecule has 1 aromatic heterocycles. The first kappa shape index (κ1) is 14.5. The molecule has 0 bridgehead atoms. The average Bonchev–Trinajstić information content (AvgIpc) is 2.60. The number of amides is 1. The van der Waals surface area contributed by atoms with Crippen LogP contribution in [0.15, 0.2) is 48.8 Å². The molecule has 0 saturated heterocycles. The summed E-state index contributed by atoms with van der Waals surface area (Å²) in [6.45, 7) is 2.04. The van der Waals surface area contributed by atoms with Crippen LogP contribution in [-0.4, -0.2) is 22.8 Å². The van der Waals surface area contributed by atoms with Crippen LogP contribution in [0.25, 0.3) is 6.08 Å². The number of aromatic nitrogens is 1. The fourth-order valence-corrected chi connectivity index (χ4v) is 2.81. The van der Waals surface area contributed by atoms with E-state index in [4.69, 9.17) is 0 Å². The summed E-state index contributed by atoms with van der Waals surface area (Å²) >= 11 is 0. The topological polar surface area (TPSA) is 33.2 Å². The molecule has 3 rings (SSSR count). The Morgan fingerprint density at radius 2 is 2.00 bits per heavy atom. The van der Waals surface area contributed by atoms with E-state index in [2.05, 4.69) is 17.1 Å². The number of aryl methyl sites for hydroxylation is 1. The minimum Gasteiger partial charge on any atom is -0.335 e. The number of hydrogen-bond donors (Lipinski definition) is 0. The zero-order chi connectivity index (χ0) is 15.5. The Morgan fingerprint density at radius 3 is 2.77 bits per heavy atom. The summed E-state index contributed by atoms with van der Waals surface area (Å²) in [6, 6.07) is 9.93. The molecule has 1 heterocycles. The van der Waals surface area contributed by atoms with Crippen molar-refractivity contribution in [3.63, 3.8) is 0 Å². The molecule has 1 aromatic carbocycles. The monoisotopic (exact) mass is 292 g/mol. The van der Waals surface area contributed by atoms with Crippen LogP contribution in [0.2, 0.25) is 0 Å². The van der Waals surface area contributed by atoms with E-state index in [1.165, 1.54) is 11.1 Å². The maximum absolute atomic E-state index is 12.7. The second-order valence-electron chi connectivity index (χ2n) is 5.73. The molecule has 1 aliphatic carbocycles. The number of pyridine rings is 1. The van der Waals surface area contributed by atoms with Crippen LogP contribution in [-0.2, 0) is 6.42 Å². The first-order valence-corrected chi connectivity index (χ1v) is 7.63. The molecular weight excluding hydrogens is 272 g/mol. The minimum absolute atomic E-state index is 0.0198. The number of rotatable bonds is 3. The van der Waals surface area contributed by atoms with Gasteiger partial charge in [0.05, 0.1) is 6.04 Å². The molecule has 1 aliphatic rings. The number of carbonyl (C=O) groups is 1. The summed E-state index contributed by atoms with van der Waals surface area (Å²) in [7, 11) is 1.85. The maximum Gasteiger partial charge on any atom is 0.254 e. The normalized spacial score (nSPS) is 14.3. The summed E-state index contributed by atoms with van der Waals surface area (Å²) in [5.74, 6) is 0.0571. The molecule has 22 heavy (non-hydrogen) atoms. The number of benzene rings is 1. The predicted octanol–water partition coefficient (Wildman–Crippen LogP) is 3.87. The Labute approximate surface area is 131 Å². The number of hydrogen-bond acceptors (Lipinski definition) is 2. The fraction of sp³-hybridized carbons (Fsp3) is 0.263. The maximum atomic E-state index is 12.7. The van der Waals surface area contributed by atoms with Gasteiger partial charge in [0.25, 0.3) is 5.91 Å². The highest BCUT2D eigenvalue weighted by Crippen LogP contribution is 2.24. The van der Waals surface area contributed by atoms with Gasteiger partial charge in [0, 0.05) is 25.0 Å². The van der Waals surface area contributed by atoms with Gasteiger partial charge in [-0.15, -0.1) is 0 Å². The molecule has 3 nitrogen and oxygen atoms in total. The predicted molar refractivity (Wildman–Crippen MR) is 88.5 cm³/mol. The largest absolute Gasteiger partial charge is 0.335 e. The van der Waals surface area contributed by atoms with Crippen LogP contribution in [0.4, 0.5) is 0 Å². The molecule has 0 unspecified atom stereocenters. The molecule has 2 aromatic rings. The molecule has 3 heteroatoms. The molecule has 112 valence electrons. The molecule has 0 fully saturated rings. The van der Waals surface area contributed by atoms with Gasteiger partial charge in [0.2, 0.25) is 0 Å². The van der Waals surface area contributed by atoms with Crippen LogP contribution in [0, 0.1) is 0 Å². The molecule has 1 atom stereocenters. The SMILES string of the molecule is C[C@H](c1ccncc1)N(C)C(=O)c1ccc2c(c1)CCC=C2. The van der Waals surface area contributed by atoms with Gasteiger partial charge in [-0.3, -0.25) is 9.78 Å². The fourth-order valence-electron chi connectivity index (χ4n) is 2.81. The van der Waals surface area contributed by atoms with Gasteiger partial charge in [0.15, 0.2) is 0 Å². The quantitative estimate of drug-likeness (QED) is 0.860. The second-order valence-corrected chi connectivity index (χ2v) is 5.73. The number of allylic oxidation sites excluding steroid dienone is 1. The summed E-state index contributed by atoms with van der Waals surface area (Å²) in [5, 5.41) is 0. The number of nitrogens with zero attached hydrogens (tertiary/aromatic N) is 2. The molecule has 0 spiro atoms. The van der Waals surface area contributed by atoms with Gasteiger partial charge in [-0.05, 0) is 60.7 Å². The zero-order valence-electron chi connectivity index (χ0n) is 13.0. The van der Waals surface area contributed by atoms with E-state index in [1.807, 2.05) is 44.3 Å². The van der Waals surface area contributed by atoms with Crippen molar-refractivity contribution in [2.75, 3.05) is 7.05 Å². The van der Waals surface area contributed by atoms with Gasteiger partial charge in [-0.1, -0.05) is 18.2 Å². The van der Waals surface area contributed by atoms with Gasteiger partial charge >= 0.3 is 0 Å². The lowest BCUT2D eigenvalue weighted by Crippen LogP contribution is -2.29. The lowest BCUT2D eigenvalue weighted by molar-refractivity contribution is 0.0742. The zero-order valence-corrected chi connectivity index (χ0v) is 13.0. The average molecular weight is 292 g/mol. The Morgan fingerprint density at radius 1 is 1.23 bits per heavy atom. The molecule has 0 radical (unpaired) electrons. The smallest absolute Gasteiger partial charge is 0.254 e. The summed E-state index contributed by atoms with van der Waals surface area (Å²) in [5.41, 5.74) is 4.34. The van der Waals surface area contributed by atoms with E-state index in [-0.39, 0.29) is 11.9 Å². The first-order chi connectivity index (χ1) is 10.7. The van der Waals surface area contributed by atoms with Crippen molar-refractivity contribution in [3.8, 4) is 0 Å². The molecular formula is C19H20N2O. The Bertz CT molecular complexity index is 707. The highest BCUT2D eigenvalue weighted by Gasteiger charge is 2.19. The third-order valence-corrected chi connectivity index (χ3v) is 4.36. The lowest BCUT2D eigenvalue weighted by Gasteiger charge is -2.26. The summed E-state index contributed by atoms with van der Waals surface area (Å²) in [4.78, 5) is 18.6. The van der Waals surface area contributed by atoms with E-state index in [1.54, 1.807) is 17.3 Å². The Balaban J connectivity index is 1.83. The van der Waals surface area contributed by atoms with Crippen LogP contribution in [0.5, 0.6) is 0 Å². The molecule has 0 aliphatic heterocycles. The molecule has 0 saturated carbocycles. The van der Waals surface area contributed by atoms with E-state index in [9.17, 15) is 4.79 Å².